The maximum absolute atomic E-state index is 12.9. The lowest BCUT2D eigenvalue weighted by Gasteiger charge is -2.37. The molecule has 29 heavy (non-hydrogen) atoms. The number of halogens is 2. The van der Waals surface area contributed by atoms with Crippen molar-refractivity contribution >= 4 is 29.2 Å². The molecule has 1 atom stereocenters. The summed E-state index contributed by atoms with van der Waals surface area (Å²) >= 11 is 12.2. The molecule has 1 rings (SSSR count). The largest absolute Gasteiger partial charge is 0.459 e. The normalized spacial score (nSPS) is 13.0. The second-order valence-electron chi connectivity index (χ2n) is 8.95. The van der Waals surface area contributed by atoms with E-state index in [0.717, 1.165) is 18.4 Å². The molecule has 0 aliphatic rings. The molecule has 0 spiro atoms. The summed E-state index contributed by atoms with van der Waals surface area (Å²) in [6.45, 7) is 6.76. The average molecular weight is 445 g/mol. The topological polar surface area (TPSA) is 26.3 Å². The molecule has 0 N–H and O–H groups in total. The highest BCUT2D eigenvalue weighted by molar-refractivity contribution is 6.42. The summed E-state index contributed by atoms with van der Waals surface area (Å²) in [6.07, 6.45) is 10.8. The summed E-state index contributed by atoms with van der Waals surface area (Å²) in [5, 5.41) is 1.10. The van der Waals surface area contributed by atoms with Crippen LogP contribution >= 0.6 is 23.2 Å². The third kappa shape index (κ3) is 10.2. The van der Waals surface area contributed by atoms with Crippen LogP contribution in [0.15, 0.2) is 18.2 Å². The molecule has 5 heteroatoms. The highest BCUT2D eigenvalue weighted by Gasteiger charge is 2.36. The van der Waals surface area contributed by atoms with Crippen LogP contribution in [0, 0.1) is 0 Å². The summed E-state index contributed by atoms with van der Waals surface area (Å²) in [5.41, 5.74) is 1.07. The molecule has 1 aromatic carbocycles. The lowest BCUT2D eigenvalue weighted by atomic mass is 10.0. The Morgan fingerprint density at radius 1 is 0.966 bits per heavy atom. The molecule has 0 heterocycles. The minimum atomic E-state index is -0.188. The summed E-state index contributed by atoms with van der Waals surface area (Å²) in [7, 11) is 4.19. The minimum absolute atomic E-state index is 0.103. The van der Waals surface area contributed by atoms with Crippen molar-refractivity contribution in [1.29, 1.82) is 0 Å². The van der Waals surface area contributed by atoms with E-state index in [1.807, 2.05) is 32.0 Å². The van der Waals surface area contributed by atoms with Gasteiger partial charge in [-0.2, -0.15) is 0 Å². The molecule has 0 unspecified atom stereocenters. The third-order valence-electron chi connectivity index (χ3n) is 5.37. The number of benzene rings is 1. The number of carbonyl (C=O) groups is 1. The average Bonchev–Trinajstić information content (AvgIpc) is 2.62. The number of esters is 1. The lowest BCUT2D eigenvalue weighted by Crippen LogP contribution is -2.53. The van der Waals surface area contributed by atoms with Gasteiger partial charge in [0.15, 0.2) is 6.04 Å². The van der Waals surface area contributed by atoms with Gasteiger partial charge in [-0.1, -0.05) is 81.1 Å². The number of ether oxygens (including phenoxy) is 1. The predicted octanol–water partition coefficient (Wildman–Crippen LogP) is 7.42. The fourth-order valence-electron chi connectivity index (χ4n) is 3.75. The van der Waals surface area contributed by atoms with E-state index in [0.29, 0.717) is 21.1 Å². The van der Waals surface area contributed by atoms with E-state index in [-0.39, 0.29) is 18.1 Å². The van der Waals surface area contributed by atoms with Crippen molar-refractivity contribution < 1.29 is 14.0 Å². The number of nitrogens with zero attached hydrogens (tertiary/aromatic N) is 1. The van der Waals surface area contributed by atoms with Gasteiger partial charge in [0.05, 0.1) is 30.2 Å². The smallest absolute Gasteiger partial charge is 0.365 e. The van der Waals surface area contributed by atoms with Crippen LogP contribution in [0.5, 0.6) is 0 Å². The molecular formula is C24H40Cl2NO2+. The number of rotatable bonds is 14. The number of unbranched alkanes of at least 4 members (excludes halogenated alkanes) is 7. The van der Waals surface area contributed by atoms with Gasteiger partial charge >= 0.3 is 5.97 Å². The molecule has 0 aliphatic heterocycles. The van der Waals surface area contributed by atoms with Crippen LogP contribution in [-0.2, 0) is 16.1 Å². The monoisotopic (exact) mass is 444 g/mol. The second-order valence-corrected chi connectivity index (χ2v) is 9.76. The summed E-state index contributed by atoms with van der Waals surface area (Å²) in [4.78, 5) is 12.9. The standard InChI is InChI=1S/C24H40Cl2NO2/c1-6-7-8-9-10-11-12-13-14-23(24(28)29-19(2)3)27(4,5)18-20-15-16-21(25)22(26)17-20/h15-17,19,23H,6-14,18H2,1-5H3/q+1/t23-/m1/s1. The highest BCUT2D eigenvalue weighted by atomic mass is 35.5. The van der Waals surface area contributed by atoms with Gasteiger partial charge in [-0.3, -0.25) is 0 Å². The number of quaternary nitrogens is 1. The van der Waals surface area contributed by atoms with Crippen molar-refractivity contribution in [2.24, 2.45) is 0 Å². The van der Waals surface area contributed by atoms with Crippen molar-refractivity contribution in [3.05, 3.63) is 33.8 Å². The zero-order chi connectivity index (χ0) is 21.9. The van der Waals surface area contributed by atoms with Gasteiger partial charge < -0.3 is 9.22 Å². The van der Waals surface area contributed by atoms with Crippen molar-refractivity contribution in [2.75, 3.05) is 14.1 Å². The molecule has 0 saturated carbocycles. The van der Waals surface area contributed by atoms with E-state index >= 15 is 0 Å². The maximum atomic E-state index is 12.9. The Balaban J connectivity index is 2.69. The predicted molar refractivity (Wildman–Crippen MR) is 125 cm³/mol. The van der Waals surface area contributed by atoms with E-state index in [1.165, 1.54) is 44.9 Å². The number of carbonyl (C=O) groups excluding carboxylic acids is 1. The maximum Gasteiger partial charge on any atom is 0.365 e. The molecule has 166 valence electrons. The summed E-state index contributed by atoms with van der Waals surface area (Å²) in [6, 6.07) is 5.51. The fourth-order valence-corrected chi connectivity index (χ4v) is 4.07. The van der Waals surface area contributed by atoms with Crippen LogP contribution < -0.4 is 0 Å². The molecule has 0 amide bonds. The molecule has 0 bridgehead atoms. The van der Waals surface area contributed by atoms with Crippen molar-refractivity contribution in [1.82, 2.24) is 0 Å². The number of hydrogen-bond donors (Lipinski definition) is 0. The Labute approximate surface area is 188 Å². The molecule has 0 fully saturated rings. The molecule has 0 aliphatic carbocycles. The van der Waals surface area contributed by atoms with Crippen LogP contribution in [0.4, 0.5) is 0 Å². The zero-order valence-electron chi connectivity index (χ0n) is 19.0. The SMILES string of the molecule is CCCCCCCCCC[C@H](C(=O)OC(C)C)[N+](C)(C)Cc1ccc(Cl)c(Cl)c1. The zero-order valence-corrected chi connectivity index (χ0v) is 20.5. The molecular weight excluding hydrogens is 405 g/mol. The first-order chi connectivity index (χ1) is 13.7. The molecule has 0 aromatic heterocycles. The summed E-state index contributed by atoms with van der Waals surface area (Å²) in [5.74, 6) is -0.104. The Hall–Kier alpha value is -0.770. The van der Waals surface area contributed by atoms with Gasteiger partial charge in [-0.05, 0) is 32.4 Å². The first-order valence-electron chi connectivity index (χ1n) is 11.1. The molecule has 1 aromatic rings. The van der Waals surface area contributed by atoms with Gasteiger partial charge in [0.1, 0.15) is 6.54 Å². The van der Waals surface area contributed by atoms with Crippen molar-refractivity contribution in [2.45, 2.75) is 97.2 Å². The van der Waals surface area contributed by atoms with Gasteiger partial charge in [-0.25, -0.2) is 4.79 Å². The van der Waals surface area contributed by atoms with Gasteiger partial charge in [-0.15, -0.1) is 0 Å². The Bertz CT molecular complexity index is 617. The van der Waals surface area contributed by atoms with Gasteiger partial charge in [0.25, 0.3) is 0 Å². The minimum Gasteiger partial charge on any atom is -0.459 e. The second kappa shape index (κ2) is 13.5. The van der Waals surface area contributed by atoms with E-state index in [1.54, 1.807) is 0 Å². The van der Waals surface area contributed by atoms with E-state index in [2.05, 4.69) is 21.0 Å². The Morgan fingerprint density at radius 3 is 2.10 bits per heavy atom. The Morgan fingerprint density at radius 2 is 1.55 bits per heavy atom. The van der Waals surface area contributed by atoms with Crippen LogP contribution in [0.1, 0.15) is 84.1 Å². The molecule has 3 nitrogen and oxygen atoms in total. The van der Waals surface area contributed by atoms with E-state index in [9.17, 15) is 4.79 Å². The first-order valence-corrected chi connectivity index (χ1v) is 11.9. The number of likely N-dealkylation sites (N-methyl/N-ethyl adjacent to an activating group) is 1. The molecule has 0 radical (unpaired) electrons. The Kier molecular flexibility index (Phi) is 12.2. The number of hydrogen-bond acceptors (Lipinski definition) is 2. The molecule has 0 saturated heterocycles. The van der Waals surface area contributed by atoms with Crippen LogP contribution in [0.2, 0.25) is 10.0 Å². The van der Waals surface area contributed by atoms with Crippen molar-refractivity contribution in [3.8, 4) is 0 Å². The van der Waals surface area contributed by atoms with Crippen LogP contribution in [-0.4, -0.2) is 36.7 Å². The van der Waals surface area contributed by atoms with Crippen LogP contribution in [0.25, 0.3) is 0 Å². The van der Waals surface area contributed by atoms with Gasteiger partial charge in [0.2, 0.25) is 0 Å². The van der Waals surface area contributed by atoms with Crippen LogP contribution in [0.3, 0.4) is 0 Å². The van der Waals surface area contributed by atoms with Crippen molar-refractivity contribution in [3.63, 3.8) is 0 Å². The van der Waals surface area contributed by atoms with E-state index < -0.39 is 0 Å². The first kappa shape index (κ1) is 26.3. The lowest BCUT2D eigenvalue weighted by molar-refractivity contribution is -0.920. The highest BCUT2D eigenvalue weighted by Crippen LogP contribution is 2.26. The quantitative estimate of drug-likeness (QED) is 0.169. The summed E-state index contributed by atoms with van der Waals surface area (Å²) < 4.78 is 6.14. The van der Waals surface area contributed by atoms with E-state index in [4.69, 9.17) is 27.9 Å². The fraction of sp³-hybridized carbons (Fsp3) is 0.708. The van der Waals surface area contributed by atoms with Gasteiger partial charge in [0, 0.05) is 12.0 Å². The third-order valence-corrected chi connectivity index (χ3v) is 6.11.